The summed E-state index contributed by atoms with van der Waals surface area (Å²) in [5.74, 6) is 2.64. The fraction of sp³-hybridized carbons (Fsp3) is 0.308. The van der Waals surface area contributed by atoms with Gasteiger partial charge in [0.15, 0.2) is 6.61 Å². The lowest BCUT2D eigenvalue weighted by molar-refractivity contribution is -0.122. The first-order valence-electron chi connectivity index (χ1n) is 5.59. The summed E-state index contributed by atoms with van der Waals surface area (Å²) in [6.45, 7) is 0.683. The van der Waals surface area contributed by atoms with E-state index in [0.29, 0.717) is 12.3 Å². The zero-order chi connectivity index (χ0) is 14.3. The Bertz CT molecular complexity index is 475. The Labute approximate surface area is 129 Å². The molecular formula is C13H14Br2N2O2. The molecule has 0 aromatic heterocycles. The van der Waals surface area contributed by atoms with E-state index in [1.165, 1.54) is 0 Å². The van der Waals surface area contributed by atoms with Gasteiger partial charge in [-0.05, 0) is 62.5 Å². The SMILES string of the molecule is C#CCNC(=O)COc1c(Br)cc(CCN)cc1Br. The van der Waals surface area contributed by atoms with Gasteiger partial charge < -0.3 is 15.8 Å². The minimum Gasteiger partial charge on any atom is -0.481 e. The third-order valence-electron chi connectivity index (χ3n) is 2.23. The van der Waals surface area contributed by atoms with E-state index in [1.807, 2.05) is 12.1 Å². The van der Waals surface area contributed by atoms with Crippen LogP contribution in [0.15, 0.2) is 21.1 Å². The van der Waals surface area contributed by atoms with Gasteiger partial charge in [-0.3, -0.25) is 4.79 Å². The lowest BCUT2D eigenvalue weighted by atomic mass is 10.1. The normalized spacial score (nSPS) is 9.79. The quantitative estimate of drug-likeness (QED) is 0.729. The minimum absolute atomic E-state index is 0.0882. The van der Waals surface area contributed by atoms with Crippen LogP contribution in [0.25, 0.3) is 0 Å². The van der Waals surface area contributed by atoms with Gasteiger partial charge in [0.05, 0.1) is 15.5 Å². The lowest BCUT2D eigenvalue weighted by Crippen LogP contribution is -2.29. The van der Waals surface area contributed by atoms with Crippen LogP contribution in [0.4, 0.5) is 0 Å². The number of carbonyl (C=O) groups excluding carboxylic acids is 1. The average molecular weight is 390 g/mol. The van der Waals surface area contributed by atoms with E-state index in [4.69, 9.17) is 16.9 Å². The first-order valence-corrected chi connectivity index (χ1v) is 7.18. The smallest absolute Gasteiger partial charge is 0.258 e. The molecule has 0 saturated heterocycles. The molecule has 102 valence electrons. The zero-order valence-electron chi connectivity index (χ0n) is 10.2. The molecule has 0 bridgehead atoms. The highest BCUT2D eigenvalue weighted by molar-refractivity contribution is 9.11. The third kappa shape index (κ3) is 5.23. The van der Waals surface area contributed by atoms with Crippen molar-refractivity contribution in [2.45, 2.75) is 6.42 Å². The van der Waals surface area contributed by atoms with Crippen LogP contribution < -0.4 is 15.8 Å². The summed E-state index contributed by atoms with van der Waals surface area (Å²) >= 11 is 6.82. The molecule has 0 heterocycles. The Balaban J connectivity index is 2.69. The number of amides is 1. The summed E-state index contributed by atoms with van der Waals surface area (Å²) in [6.07, 6.45) is 5.82. The number of hydrogen-bond donors (Lipinski definition) is 2. The van der Waals surface area contributed by atoms with Gasteiger partial charge in [-0.15, -0.1) is 6.42 Å². The van der Waals surface area contributed by atoms with Crippen LogP contribution in [-0.4, -0.2) is 25.6 Å². The molecule has 0 aliphatic heterocycles. The standard InChI is InChI=1S/C13H14Br2N2O2/c1-2-5-17-12(18)8-19-13-10(14)6-9(3-4-16)7-11(13)15/h1,6-7H,3-5,8,16H2,(H,17,18). The maximum atomic E-state index is 11.4. The number of halogens is 2. The molecule has 0 radical (unpaired) electrons. The molecule has 6 heteroatoms. The van der Waals surface area contributed by atoms with Crippen molar-refractivity contribution >= 4 is 37.8 Å². The first-order chi connectivity index (χ1) is 9.08. The molecule has 0 unspecified atom stereocenters. The third-order valence-corrected chi connectivity index (χ3v) is 3.40. The number of nitrogens with two attached hydrogens (primary N) is 1. The Morgan fingerprint density at radius 2 is 2.05 bits per heavy atom. The van der Waals surface area contributed by atoms with Gasteiger partial charge in [0.1, 0.15) is 5.75 Å². The number of rotatable bonds is 6. The van der Waals surface area contributed by atoms with Crippen molar-refractivity contribution in [3.8, 4) is 18.1 Å². The molecule has 1 aromatic carbocycles. The van der Waals surface area contributed by atoms with Gasteiger partial charge in [-0.25, -0.2) is 0 Å². The van der Waals surface area contributed by atoms with Gasteiger partial charge in [0.2, 0.25) is 0 Å². The molecule has 0 saturated carbocycles. The van der Waals surface area contributed by atoms with Gasteiger partial charge >= 0.3 is 0 Å². The maximum Gasteiger partial charge on any atom is 0.258 e. The number of carbonyl (C=O) groups is 1. The number of hydrogen-bond acceptors (Lipinski definition) is 3. The highest BCUT2D eigenvalue weighted by atomic mass is 79.9. The van der Waals surface area contributed by atoms with Gasteiger partial charge in [0.25, 0.3) is 5.91 Å². The van der Waals surface area contributed by atoms with E-state index in [0.717, 1.165) is 20.9 Å². The van der Waals surface area contributed by atoms with Crippen molar-refractivity contribution in [3.05, 3.63) is 26.6 Å². The molecule has 0 fully saturated rings. The molecular weight excluding hydrogens is 376 g/mol. The highest BCUT2D eigenvalue weighted by Gasteiger charge is 2.10. The van der Waals surface area contributed by atoms with Crippen LogP contribution in [0, 0.1) is 12.3 Å². The largest absolute Gasteiger partial charge is 0.481 e. The Kier molecular flexibility index (Phi) is 6.92. The first kappa shape index (κ1) is 16.0. The van der Waals surface area contributed by atoms with Crippen LogP contribution in [0.5, 0.6) is 5.75 Å². The second kappa shape index (κ2) is 8.20. The molecule has 0 aliphatic carbocycles. The van der Waals surface area contributed by atoms with Gasteiger partial charge in [0, 0.05) is 0 Å². The van der Waals surface area contributed by atoms with Crippen molar-refractivity contribution in [1.29, 1.82) is 0 Å². The lowest BCUT2D eigenvalue weighted by Gasteiger charge is -2.11. The molecule has 1 rings (SSSR count). The summed E-state index contributed by atoms with van der Waals surface area (Å²) in [6, 6.07) is 3.85. The molecule has 19 heavy (non-hydrogen) atoms. The minimum atomic E-state index is -0.261. The van der Waals surface area contributed by atoms with Crippen LogP contribution in [0.3, 0.4) is 0 Å². The van der Waals surface area contributed by atoms with E-state index < -0.39 is 0 Å². The van der Waals surface area contributed by atoms with Crippen LogP contribution >= 0.6 is 31.9 Å². The Morgan fingerprint density at radius 1 is 1.42 bits per heavy atom. The summed E-state index contributed by atoms with van der Waals surface area (Å²) in [4.78, 5) is 11.4. The Morgan fingerprint density at radius 3 is 2.58 bits per heavy atom. The number of ether oxygens (including phenoxy) is 1. The van der Waals surface area contributed by atoms with Crippen molar-refractivity contribution in [1.82, 2.24) is 5.32 Å². The van der Waals surface area contributed by atoms with E-state index in [9.17, 15) is 4.79 Å². The fourth-order valence-electron chi connectivity index (χ4n) is 1.40. The summed E-state index contributed by atoms with van der Waals surface area (Å²) in [7, 11) is 0. The molecule has 3 N–H and O–H groups in total. The molecule has 1 aromatic rings. The second-order valence-electron chi connectivity index (χ2n) is 3.70. The molecule has 4 nitrogen and oxygen atoms in total. The van der Waals surface area contributed by atoms with Crippen molar-refractivity contribution < 1.29 is 9.53 Å². The topological polar surface area (TPSA) is 64.3 Å². The molecule has 1 amide bonds. The number of nitrogens with one attached hydrogen (secondary N) is 1. The van der Waals surface area contributed by atoms with Crippen molar-refractivity contribution in [2.75, 3.05) is 19.7 Å². The zero-order valence-corrected chi connectivity index (χ0v) is 13.4. The van der Waals surface area contributed by atoms with E-state index in [2.05, 4.69) is 43.1 Å². The van der Waals surface area contributed by atoms with Crippen LogP contribution in [0.2, 0.25) is 0 Å². The van der Waals surface area contributed by atoms with E-state index in [-0.39, 0.29) is 19.1 Å². The maximum absolute atomic E-state index is 11.4. The summed E-state index contributed by atoms with van der Waals surface area (Å²) < 4.78 is 7.00. The number of terminal acetylenes is 1. The van der Waals surface area contributed by atoms with Crippen LogP contribution in [-0.2, 0) is 11.2 Å². The second-order valence-corrected chi connectivity index (χ2v) is 5.41. The predicted octanol–water partition coefficient (Wildman–Crippen LogP) is 1.84. The summed E-state index contributed by atoms with van der Waals surface area (Å²) in [5, 5.41) is 2.53. The molecule has 0 atom stereocenters. The Hall–Kier alpha value is -1.03. The van der Waals surface area contributed by atoms with E-state index >= 15 is 0 Å². The average Bonchev–Trinajstić information content (AvgIpc) is 2.35. The highest BCUT2D eigenvalue weighted by Crippen LogP contribution is 2.34. The van der Waals surface area contributed by atoms with E-state index in [1.54, 1.807) is 0 Å². The predicted molar refractivity (Wildman–Crippen MR) is 81.9 cm³/mol. The van der Waals surface area contributed by atoms with Gasteiger partial charge in [-0.1, -0.05) is 5.92 Å². The van der Waals surface area contributed by atoms with Gasteiger partial charge in [-0.2, -0.15) is 0 Å². The fourth-order valence-corrected chi connectivity index (χ4v) is 2.91. The summed E-state index contributed by atoms with van der Waals surface area (Å²) in [5.41, 5.74) is 6.60. The molecule has 0 spiro atoms. The molecule has 0 aliphatic rings. The van der Waals surface area contributed by atoms with Crippen LogP contribution in [0.1, 0.15) is 5.56 Å². The monoisotopic (exact) mass is 388 g/mol. The van der Waals surface area contributed by atoms with Crippen molar-refractivity contribution in [2.24, 2.45) is 5.73 Å². The van der Waals surface area contributed by atoms with Crippen molar-refractivity contribution in [3.63, 3.8) is 0 Å². The number of benzene rings is 1.